The summed E-state index contributed by atoms with van der Waals surface area (Å²) in [6.45, 7) is 0.821. The Labute approximate surface area is 181 Å². The average Bonchev–Trinajstić information content (AvgIpc) is 3.08. The van der Waals surface area contributed by atoms with Crippen molar-refractivity contribution in [1.82, 2.24) is 4.31 Å². The van der Waals surface area contributed by atoms with Crippen molar-refractivity contribution in [3.8, 4) is 0 Å². The summed E-state index contributed by atoms with van der Waals surface area (Å²) in [5.41, 5.74) is -0.443. The van der Waals surface area contributed by atoms with E-state index < -0.39 is 27.4 Å². The minimum atomic E-state index is -3.87. The van der Waals surface area contributed by atoms with Crippen molar-refractivity contribution in [3.63, 3.8) is 0 Å². The monoisotopic (exact) mass is 469 g/mol. The Hall–Kier alpha value is -2.04. The lowest BCUT2D eigenvalue weighted by Crippen LogP contribution is -2.40. The molecule has 1 aliphatic heterocycles. The van der Waals surface area contributed by atoms with E-state index in [0.717, 1.165) is 28.3 Å². The zero-order valence-electron chi connectivity index (χ0n) is 15.6. The van der Waals surface area contributed by atoms with Crippen LogP contribution in [-0.4, -0.2) is 45.0 Å². The van der Waals surface area contributed by atoms with Gasteiger partial charge in [-0.05, 0) is 24.3 Å². The van der Waals surface area contributed by atoms with E-state index in [9.17, 15) is 17.6 Å². The first-order valence-electron chi connectivity index (χ1n) is 9.08. The van der Waals surface area contributed by atoms with E-state index >= 15 is 0 Å². The van der Waals surface area contributed by atoms with Gasteiger partial charge >= 0.3 is 5.97 Å². The van der Waals surface area contributed by atoms with Crippen LogP contribution in [0, 0.1) is 5.82 Å². The second-order valence-electron chi connectivity index (χ2n) is 6.57. The van der Waals surface area contributed by atoms with Crippen molar-refractivity contribution >= 4 is 49.0 Å². The summed E-state index contributed by atoms with van der Waals surface area (Å²) in [4.78, 5) is 13.0. The molecule has 0 unspecified atom stereocenters. The van der Waals surface area contributed by atoms with Crippen LogP contribution in [0.25, 0.3) is 10.1 Å². The van der Waals surface area contributed by atoms with Gasteiger partial charge in [0.15, 0.2) is 0 Å². The highest BCUT2D eigenvalue weighted by molar-refractivity contribution is 7.89. The molecule has 1 fully saturated rings. The number of esters is 1. The minimum Gasteiger partial charge on any atom is -0.456 e. The van der Waals surface area contributed by atoms with Crippen LogP contribution in [0.15, 0.2) is 47.4 Å². The van der Waals surface area contributed by atoms with Crippen LogP contribution in [0.5, 0.6) is 0 Å². The predicted octanol–water partition coefficient (Wildman–Crippen LogP) is 4.07. The molecule has 3 aromatic rings. The number of nitrogens with zero attached hydrogens (tertiary/aromatic N) is 1. The van der Waals surface area contributed by atoms with Crippen molar-refractivity contribution < 1.29 is 27.1 Å². The van der Waals surface area contributed by atoms with Crippen LogP contribution in [0.1, 0.15) is 15.2 Å². The van der Waals surface area contributed by atoms with E-state index in [0.29, 0.717) is 9.90 Å². The van der Waals surface area contributed by atoms with Gasteiger partial charge in [-0.25, -0.2) is 17.6 Å². The molecule has 0 bridgehead atoms. The summed E-state index contributed by atoms with van der Waals surface area (Å²) in [6, 6.07) is 10.6. The van der Waals surface area contributed by atoms with Gasteiger partial charge in [-0.3, -0.25) is 0 Å². The number of halogens is 2. The number of benzene rings is 2. The zero-order valence-corrected chi connectivity index (χ0v) is 18.0. The van der Waals surface area contributed by atoms with Gasteiger partial charge in [0.05, 0.1) is 33.6 Å². The van der Waals surface area contributed by atoms with Crippen LogP contribution < -0.4 is 0 Å². The lowest BCUT2D eigenvalue weighted by molar-refractivity contribution is 0.0471. The maximum absolute atomic E-state index is 14.3. The second-order valence-corrected chi connectivity index (χ2v) is 10.0. The molecule has 158 valence electrons. The molecule has 0 atom stereocenters. The summed E-state index contributed by atoms with van der Waals surface area (Å²) >= 11 is 7.71. The summed E-state index contributed by atoms with van der Waals surface area (Å²) in [5.74, 6) is -1.82. The number of morpholine rings is 1. The Bertz CT molecular complexity index is 1210. The zero-order chi connectivity index (χ0) is 21.3. The van der Waals surface area contributed by atoms with Crippen LogP contribution in [-0.2, 0) is 26.1 Å². The Kier molecular flexibility index (Phi) is 6.08. The minimum absolute atomic E-state index is 0.142. The Morgan fingerprint density at radius 2 is 1.93 bits per heavy atom. The third kappa shape index (κ3) is 4.08. The molecule has 6 nitrogen and oxygen atoms in total. The Balaban J connectivity index is 1.55. The fourth-order valence-electron chi connectivity index (χ4n) is 3.12. The standard InChI is InChI=1S/C20H17ClFNO5S2/c21-19-14-3-1-2-4-17(14)29-18(19)12-28-20(24)15-11-13(5-6-16(15)22)30(25,26)23-7-9-27-10-8-23/h1-6,11H,7-10,12H2. The molecule has 0 amide bonds. The Morgan fingerprint density at radius 1 is 1.20 bits per heavy atom. The predicted molar refractivity (Wildman–Crippen MR) is 112 cm³/mol. The molecule has 0 spiro atoms. The molecule has 0 saturated carbocycles. The Morgan fingerprint density at radius 3 is 2.67 bits per heavy atom. The van der Waals surface area contributed by atoms with Gasteiger partial charge in [-0.1, -0.05) is 29.8 Å². The van der Waals surface area contributed by atoms with E-state index in [-0.39, 0.29) is 37.8 Å². The van der Waals surface area contributed by atoms with Gasteiger partial charge < -0.3 is 9.47 Å². The number of carbonyl (C=O) groups excluding carboxylic acids is 1. The highest BCUT2D eigenvalue weighted by Crippen LogP contribution is 2.35. The van der Waals surface area contributed by atoms with E-state index in [1.807, 2.05) is 24.3 Å². The quantitative estimate of drug-likeness (QED) is 0.527. The van der Waals surface area contributed by atoms with Crippen LogP contribution in [0.3, 0.4) is 0 Å². The fourth-order valence-corrected chi connectivity index (χ4v) is 5.96. The third-order valence-electron chi connectivity index (χ3n) is 4.70. The molecule has 10 heteroatoms. The number of ether oxygens (including phenoxy) is 2. The van der Waals surface area contributed by atoms with Crippen molar-refractivity contribution in [2.24, 2.45) is 0 Å². The van der Waals surface area contributed by atoms with Gasteiger partial charge in [-0.2, -0.15) is 4.31 Å². The summed E-state index contributed by atoms with van der Waals surface area (Å²) in [6.07, 6.45) is 0. The van der Waals surface area contributed by atoms with Crippen molar-refractivity contribution in [1.29, 1.82) is 0 Å². The topological polar surface area (TPSA) is 72.9 Å². The van der Waals surface area contributed by atoms with E-state index in [4.69, 9.17) is 21.1 Å². The molecule has 2 heterocycles. The number of hydrogen-bond donors (Lipinski definition) is 0. The molecule has 0 radical (unpaired) electrons. The molecule has 4 rings (SSSR count). The van der Waals surface area contributed by atoms with E-state index in [1.165, 1.54) is 15.6 Å². The molecule has 1 saturated heterocycles. The first-order chi connectivity index (χ1) is 14.4. The number of hydrogen-bond acceptors (Lipinski definition) is 6. The van der Waals surface area contributed by atoms with Gasteiger partial charge in [0.1, 0.15) is 12.4 Å². The number of thiophene rings is 1. The van der Waals surface area contributed by atoms with Gasteiger partial charge in [0.2, 0.25) is 10.0 Å². The van der Waals surface area contributed by atoms with E-state index in [2.05, 4.69) is 0 Å². The molecule has 1 aliphatic rings. The van der Waals surface area contributed by atoms with Crippen LogP contribution >= 0.6 is 22.9 Å². The lowest BCUT2D eigenvalue weighted by Gasteiger charge is -2.26. The first-order valence-corrected chi connectivity index (χ1v) is 11.7. The first kappa shape index (κ1) is 21.2. The second kappa shape index (κ2) is 8.60. The number of fused-ring (bicyclic) bond motifs is 1. The third-order valence-corrected chi connectivity index (χ3v) is 8.28. The van der Waals surface area contributed by atoms with Gasteiger partial charge in [0.25, 0.3) is 0 Å². The number of rotatable bonds is 5. The molecule has 0 N–H and O–H groups in total. The van der Waals surface area contributed by atoms with Gasteiger partial charge in [0, 0.05) is 23.2 Å². The summed E-state index contributed by atoms with van der Waals surface area (Å²) in [7, 11) is -3.87. The average molecular weight is 470 g/mol. The highest BCUT2D eigenvalue weighted by atomic mass is 35.5. The molecular weight excluding hydrogens is 453 g/mol. The lowest BCUT2D eigenvalue weighted by atomic mass is 10.2. The SMILES string of the molecule is O=C(OCc1sc2ccccc2c1Cl)c1cc(S(=O)(=O)N2CCOCC2)ccc1F. The largest absolute Gasteiger partial charge is 0.456 e. The van der Waals surface area contributed by atoms with Crippen LogP contribution in [0.2, 0.25) is 5.02 Å². The highest BCUT2D eigenvalue weighted by Gasteiger charge is 2.28. The molecule has 0 aliphatic carbocycles. The smallest absolute Gasteiger partial charge is 0.341 e. The maximum Gasteiger partial charge on any atom is 0.341 e. The molecular formula is C20H17ClFNO5S2. The number of carbonyl (C=O) groups is 1. The van der Waals surface area contributed by atoms with E-state index in [1.54, 1.807) is 0 Å². The normalized spacial score (nSPS) is 15.4. The molecule has 2 aromatic carbocycles. The maximum atomic E-state index is 14.3. The molecule has 30 heavy (non-hydrogen) atoms. The fraction of sp³-hybridized carbons (Fsp3) is 0.250. The molecule has 1 aromatic heterocycles. The van der Waals surface area contributed by atoms with Crippen LogP contribution in [0.4, 0.5) is 4.39 Å². The van der Waals surface area contributed by atoms with Crippen molar-refractivity contribution in [3.05, 3.63) is 63.7 Å². The van der Waals surface area contributed by atoms with Crippen molar-refractivity contribution in [2.45, 2.75) is 11.5 Å². The summed E-state index contributed by atoms with van der Waals surface area (Å²) in [5, 5.41) is 1.33. The van der Waals surface area contributed by atoms with Crippen molar-refractivity contribution in [2.75, 3.05) is 26.3 Å². The number of sulfonamides is 1. The summed E-state index contributed by atoms with van der Waals surface area (Å²) < 4.78 is 52.4. The van der Waals surface area contributed by atoms with Gasteiger partial charge in [-0.15, -0.1) is 11.3 Å².